The molecule has 0 aliphatic rings. The van der Waals surface area contributed by atoms with Gasteiger partial charge in [-0.3, -0.25) is 4.79 Å². The van der Waals surface area contributed by atoms with Crippen molar-refractivity contribution in [3.8, 4) is 0 Å². The predicted molar refractivity (Wildman–Crippen MR) is 65.6 cm³/mol. The maximum absolute atomic E-state index is 11.4. The van der Waals surface area contributed by atoms with E-state index < -0.39 is 0 Å². The second-order valence-electron chi connectivity index (χ2n) is 3.78. The van der Waals surface area contributed by atoms with Crippen molar-refractivity contribution in [3.63, 3.8) is 0 Å². The Kier molecular flexibility index (Phi) is 11.9. The van der Waals surface area contributed by atoms with Gasteiger partial charge in [-0.1, -0.05) is 12.5 Å². The third kappa shape index (κ3) is 11.4. The van der Waals surface area contributed by atoms with Crippen molar-refractivity contribution in [2.75, 3.05) is 26.9 Å². The lowest BCUT2D eigenvalue weighted by atomic mass is 10.1. The van der Waals surface area contributed by atoms with Crippen LogP contribution < -0.4 is 0 Å². The zero-order chi connectivity index (χ0) is 12.1. The highest BCUT2D eigenvalue weighted by molar-refractivity contribution is 5.78. The maximum Gasteiger partial charge on any atom is 0.135 e. The van der Waals surface area contributed by atoms with Crippen LogP contribution >= 0.6 is 0 Å². The summed E-state index contributed by atoms with van der Waals surface area (Å²) in [5.74, 6) is 0.302. The van der Waals surface area contributed by atoms with Crippen molar-refractivity contribution in [3.05, 3.63) is 12.7 Å². The van der Waals surface area contributed by atoms with Gasteiger partial charge in [0.05, 0.1) is 19.8 Å². The minimum absolute atomic E-state index is 0.302. The number of carbonyl (C=O) groups excluding carboxylic acids is 1. The Hall–Kier alpha value is -0.670. The number of hydrogen-bond acceptors (Lipinski definition) is 3. The molecule has 3 heteroatoms. The minimum atomic E-state index is 0.302. The van der Waals surface area contributed by atoms with Crippen LogP contribution in [-0.2, 0) is 14.3 Å². The Morgan fingerprint density at radius 2 is 1.94 bits per heavy atom. The molecule has 0 aliphatic carbocycles. The van der Waals surface area contributed by atoms with Crippen LogP contribution in [0.1, 0.15) is 38.5 Å². The number of unbranched alkanes of at least 4 members (excludes halogenated alkanes) is 3. The lowest BCUT2D eigenvalue weighted by Crippen LogP contribution is -2.07. The molecule has 0 heterocycles. The first-order valence-corrected chi connectivity index (χ1v) is 6.00. The van der Waals surface area contributed by atoms with E-state index >= 15 is 0 Å². The summed E-state index contributed by atoms with van der Waals surface area (Å²) in [7, 11) is 1.64. The Bertz CT molecular complexity index is 178. The van der Waals surface area contributed by atoms with Crippen molar-refractivity contribution in [2.45, 2.75) is 38.5 Å². The number of allylic oxidation sites excluding steroid dienone is 1. The summed E-state index contributed by atoms with van der Waals surface area (Å²) in [6.45, 7) is 5.35. The van der Waals surface area contributed by atoms with Gasteiger partial charge in [0.25, 0.3) is 0 Å². The van der Waals surface area contributed by atoms with Gasteiger partial charge in [0.1, 0.15) is 5.78 Å². The number of ether oxygens (including phenoxy) is 2. The molecular weight excluding hydrogens is 204 g/mol. The van der Waals surface area contributed by atoms with Gasteiger partial charge in [-0.25, -0.2) is 0 Å². The highest BCUT2D eigenvalue weighted by Gasteiger charge is 2.01. The topological polar surface area (TPSA) is 35.5 Å². The van der Waals surface area contributed by atoms with Crippen molar-refractivity contribution in [2.24, 2.45) is 0 Å². The van der Waals surface area contributed by atoms with Gasteiger partial charge in [-0.2, -0.15) is 0 Å². The molecule has 0 amide bonds. The summed E-state index contributed by atoms with van der Waals surface area (Å²) < 4.78 is 10.1. The SMILES string of the molecule is C=CCCCCCC(=O)CCOCCOC. The Morgan fingerprint density at radius 3 is 2.62 bits per heavy atom. The second-order valence-corrected chi connectivity index (χ2v) is 3.78. The molecule has 0 aromatic carbocycles. The van der Waals surface area contributed by atoms with Crippen molar-refractivity contribution >= 4 is 5.78 Å². The third-order valence-corrected chi connectivity index (χ3v) is 2.32. The fourth-order valence-corrected chi connectivity index (χ4v) is 1.34. The highest BCUT2D eigenvalue weighted by Crippen LogP contribution is 2.05. The van der Waals surface area contributed by atoms with Crippen molar-refractivity contribution in [1.82, 2.24) is 0 Å². The summed E-state index contributed by atoms with van der Waals surface area (Å²) in [4.78, 5) is 11.4. The molecule has 0 unspecified atom stereocenters. The number of hydrogen-bond donors (Lipinski definition) is 0. The lowest BCUT2D eigenvalue weighted by Gasteiger charge is -2.03. The zero-order valence-corrected chi connectivity index (χ0v) is 10.4. The van der Waals surface area contributed by atoms with Gasteiger partial charge in [0.15, 0.2) is 0 Å². The molecule has 0 radical (unpaired) electrons. The zero-order valence-electron chi connectivity index (χ0n) is 10.4. The first-order valence-electron chi connectivity index (χ1n) is 6.00. The molecular formula is C13H24O3. The number of Topliss-reactive ketones (excluding diaryl/α,β-unsaturated/α-hetero) is 1. The van der Waals surface area contributed by atoms with Crippen molar-refractivity contribution in [1.29, 1.82) is 0 Å². The molecule has 0 saturated heterocycles. The average molecular weight is 228 g/mol. The number of rotatable bonds is 12. The summed E-state index contributed by atoms with van der Waals surface area (Å²) in [5.41, 5.74) is 0. The van der Waals surface area contributed by atoms with Gasteiger partial charge in [-0.05, 0) is 19.3 Å². The van der Waals surface area contributed by atoms with Crippen LogP contribution in [0.25, 0.3) is 0 Å². The van der Waals surface area contributed by atoms with Gasteiger partial charge in [0.2, 0.25) is 0 Å². The molecule has 0 saturated carbocycles. The van der Waals surface area contributed by atoms with Gasteiger partial charge >= 0.3 is 0 Å². The largest absolute Gasteiger partial charge is 0.382 e. The van der Waals surface area contributed by atoms with E-state index in [1.54, 1.807) is 7.11 Å². The number of ketones is 1. The Labute approximate surface area is 98.8 Å². The van der Waals surface area contributed by atoms with Crippen LogP contribution in [0, 0.1) is 0 Å². The van der Waals surface area contributed by atoms with E-state index in [2.05, 4.69) is 6.58 Å². The predicted octanol–water partition coefficient (Wildman–Crippen LogP) is 2.75. The molecule has 0 N–H and O–H groups in total. The molecule has 94 valence electrons. The summed E-state index contributed by atoms with van der Waals surface area (Å²) in [5, 5.41) is 0. The van der Waals surface area contributed by atoms with E-state index in [4.69, 9.17) is 9.47 Å². The molecule has 0 fully saturated rings. The van der Waals surface area contributed by atoms with Crippen molar-refractivity contribution < 1.29 is 14.3 Å². The minimum Gasteiger partial charge on any atom is -0.382 e. The fourth-order valence-electron chi connectivity index (χ4n) is 1.34. The smallest absolute Gasteiger partial charge is 0.135 e. The molecule has 0 aromatic rings. The van der Waals surface area contributed by atoms with E-state index in [1.807, 2.05) is 6.08 Å². The molecule has 0 spiro atoms. The van der Waals surface area contributed by atoms with Crippen LogP contribution in [0.4, 0.5) is 0 Å². The molecule has 0 aromatic heterocycles. The first kappa shape index (κ1) is 15.3. The third-order valence-electron chi connectivity index (χ3n) is 2.32. The molecule has 0 atom stereocenters. The molecule has 0 bridgehead atoms. The van der Waals surface area contributed by atoms with Gasteiger partial charge in [0, 0.05) is 20.0 Å². The number of carbonyl (C=O) groups is 1. The fraction of sp³-hybridized carbons (Fsp3) is 0.769. The van der Waals surface area contributed by atoms with Crippen LogP contribution in [-0.4, -0.2) is 32.7 Å². The lowest BCUT2D eigenvalue weighted by molar-refractivity contribution is -0.120. The van der Waals surface area contributed by atoms with Crippen LogP contribution in [0.5, 0.6) is 0 Å². The van der Waals surface area contributed by atoms with E-state index in [-0.39, 0.29) is 0 Å². The molecule has 16 heavy (non-hydrogen) atoms. The van der Waals surface area contributed by atoms with E-state index in [0.29, 0.717) is 38.4 Å². The molecule has 0 rings (SSSR count). The Morgan fingerprint density at radius 1 is 1.12 bits per heavy atom. The van der Waals surface area contributed by atoms with Crippen LogP contribution in [0.15, 0.2) is 12.7 Å². The standard InChI is InChI=1S/C13H24O3/c1-3-4-5-6-7-8-13(14)9-10-16-12-11-15-2/h3H,1,4-12H2,2H3. The summed E-state index contributed by atoms with van der Waals surface area (Å²) >= 11 is 0. The molecule has 3 nitrogen and oxygen atoms in total. The number of methoxy groups -OCH3 is 1. The Balaban J connectivity index is 3.15. The molecule has 0 aliphatic heterocycles. The monoisotopic (exact) mass is 228 g/mol. The van der Waals surface area contributed by atoms with Crippen LogP contribution in [0.2, 0.25) is 0 Å². The van der Waals surface area contributed by atoms with E-state index in [0.717, 1.165) is 25.7 Å². The maximum atomic E-state index is 11.4. The van der Waals surface area contributed by atoms with Gasteiger partial charge < -0.3 is 9.47 Å². The average Bonchev–Trinajstić information content (AvgIpc) is 2.28. The summed E-state index contributed by atoms with van der Waals surface area (Å²) in [6.07, 6.45) is 7.43. The first-order chi connectivity index (χ1) is 7.81. The summed E-state index contributed by atoms with van der Waals surface area (Å²) in [6, 6.07) is 0. The van der Waals surface area contributed by atoms with E-state index in [1.165, 1.54) is 0 Å². The quantitative estimate of drug-likeness (QED) is 0.380. The second kappa shape index (κ2) is 12.4. The van der Waals surface area contributed by atoms with Gasteiger partial charge in [-0.15, -0.1) is 6.58 Å². The normalized spacial score (nSPS) is 10.3. The van der Waals surface area contributed by atoms with E-state index in [9.17, 15) is 4.79 Å². The van der Waals surface area contributed by atoms with Crippen LogP contribution in [0.3, 0.4) is 0 Å². The highest BCUT2D eigenvalue weighted by atomic mass is 16.5.